The molecular formula is C15H17N3O4. The monoisotopic (exact) mass is 303 g/mol. The Morgan fingerprint density at radius 1 is 1.32 bits per heavy atom. The molecule has 7 heteroatoms. The first-order chi connectivity index (χ1) is 10.7. The van der Waals surface area contributed by atoms with E-state index in [1.807, 2.05) is 18.2 Å². The van der Waals surface area contributed by atoms with Crippen molar-refractivity contribution < 1.29 is 18.7 Å². The zero-order valence-electron chi connectivity index (χ0n) is 12.2. The maximum atomic E-state index is 11.6. The summed E-state index contributed by atoms with van der Waals surface area (Å²) in [5, 5.41) is 5.06. The van der Waals surface area contributed by atoms with Crippen molar-refractivity contribution in [2.45, 2.75) is 0 Å². The van der Waals surface area contributed by atoms with Crippen molar-refractivity contribution in [3.05, 3.63) is 36.2 Å². The zero-order chi connectivity index (χ0) is 15.8. The number of fused-ring (bicyclic) bond motifs is 1. The summed E-state index contributed by atoms with van der Waals surface area (Å²) >= 11 is 0. The van der Waals surface area contributed by atoms with Gasteiger partial charge in [-0.1, -0.05) is 12.1 Å². The SMILES string of the molecule is COCCNC(=O)CNC(=O)/C=C/c1nc2ccccc2o1. The van der Waals surface area contributed by atoms with Crippen LogP contribution in [0.25, 0.3) is 17.2 Å². The molecule has 1 aromatic heterocycles. The predicted molar refractivity (Wildman–Crippen MR) is 80.9 cm³/mol. The third-order valence-electron chi connectivity index (χ3n) is 2.74. The van der Waals surface area contributed by atoms with Gasteiger partial charge < -0.3 is 19.8 Å². The van der Waals surface area contributed by atoms with E-state index < -0.39 is 5.91 Å². The molecule has 1 aromatic carbocycles. The predicted octanol–water partition coefficient (Wildman–Crippen LogP) is 0.720. The van der Waals surface area contributed by atoms with Crippen LogP contribution in [0.3, 0.4) is 0 Å². The fourth-order valence-corrected chi connectivity index (χ4v) is 1.69. The van der Waals surface area contributed by atoms with Crippen molar-refractivity contribution in [2.75, 3.05) is 26.8 Å². The van der Waals surface area contributed by atoms with Crippen LogP contribution in [0, 0.1) is 0 Å². The third kappa shape index (κ3) is 4.71. The number of aromatic nitrogens is 1. The molecule has 0 saturated carbocycles. The summed E-state index contributed by atoms with van der Waals surface area (Å²) in [7, 11) is 1.55. The highest BCUT2D eigenvalue weighted by Crippen LogP contribution is 2.15. The lowest BCUT2D eigenvalue weighted by atomic mass is 10.3. The summed E-state index contributed by atoms with van der Waals surface area (Å²) in [6.45, 7) is 0.738. The van der Waals surface area contributed by atoms with E-state index in [0.29, 0.717) is 24.6 Å². The molecule has 0 fully saturated rings. The van der Waals surface area contributed by atoms with Gasteiger partial charge in [0.1, 0.15) is 5.52 Å². The molecule has 116 valence electrons. The highest BCUT2D eigenvalue weighted by Gasteiger charge is 2.04. The lowest BCUT2D eigenvalue weighted by Gasteiger charge is -2.04. The first-order valence-electron chi connectivity index (χ1n) is 6.76. The van der Waals surface area contributed by atoms with Crippen LogP contribution in [-0.4, -0.2) is 43.6 Å². The lowest BCUT2D eigenvalue weighted by molar-refractivity contribution is -0.124. The molecule has 0 atom stereocenters. The third-order valence-corrected chi connectivity index (χ3v) is 2.74. The van der Waals surface area contributed by atoms with E-state index in [4.69, 9.17) is 9.15 Å². The van der Waals surface area contributed by atoms with Gasteiger partial charge in [-0.15, -0.1) is 0 Å². The van der Waals surface area contributed by atoms with Crippen molar-refractivity contribution in [2.24, 2.45) is 0 Å². The Balaban J connectivity index is 1.80. The number of rotatable bonds is 7. The van der Waals surface area contributed by atoms with E-state index in [1.54, 1.807) is 13.2 Å². The molecule has 0 unspecified atom stereocenters. The second kappa shape index (κ2) is 7.94. The number of nitrogens with one attached hydrogen (secondary N) is 2. The lowest BCUT2D eigenvalue weighted by Crippen LogP contribution is -2.37. The molecule has 0 radical (unpaired) electrons. The smallest absolute Gasteiger partial charge is 0.244 e. The Morgan fingerprint density at radius 3 is 2.91 bits per heavy atom. The first-order valence-corrected chi connectivity index (χ1v) is 6.76. The van der Waals surface area contributed by atoms with Gasteiger partial charge in [0.05, 0.1) is 13.2 Å². The molecule has 22 heavy (non-hydrogen) atoms. The number of nitrogens with zero attached hydrogens (tertiary/aromatic N) is 1. The van der Waals surface area contributed by atoms with Gasteiger partial charge in [0.2, 0.25) is 17.7 Å². The minimum atomic E-state index is -0.399. The number of ether oxygens (including phenoxy) is 1. The normalized spacial score (nSPS) is 11.0. The van der Waals surface area contributed by atoms with Gasteiger partial charge in [-0.3, -0.25) is 9.59 Å². The quantitative estimate of drug-likeness (QED) is 0.580. The van der Waals surface area contributed by atoms with Crippen molar-refractivity contribution in [3.63, 3.8) is 0 Å². The number of hydrogen-bond donors (Lipinski definition) is 2. The molecular weight excluding hydrogens is 286 g/mol. The summed E-state index contributed by atoms with van der Waals surface area (Å²) < 4.78 is 10.2. The van der Waals surface area contributed by atoms with Crippen LogP contribution in [-0.2, 0) is 14.3 Å². The van der Waals surface area contributed by atoms with Crippen LogP contribution in [0.2, 0.25) is 0 Å². The molecule has 7 nitrogen and oxygen atoms in total. The van der Waals surface area contributed by atoms with Crippen molar-refractivity contribution in [1.29, 1.82) is 0 Å². The average molecular weight is 303 g/mol. The second-order valence-electron chi connectivity index (χ2n) is 4.41. The fraction of sp³-hybridized carbons (Fsp3) is 0.267. The Morgan fingerprint density at radius 2 is 2.14 bits per heavy atom. The molecule has 2 amide bonds. The molecule has 2 N–H and O–H groups in total. The van der Waals surface area contributed by atoms with Crippen LogP contribution >= 0.6 is 0 Å². The number of hydrogen-bond acceptors (Lipinski definition) is 5. The molecule has 0 spiro atoms. The Bertz CT molecular complexity index is 645. The van der Waals surface area contributed by atoms with Gasteiger partial charge in [0.15, 0.2) is 5.58 Å². The Hall–Kier alpha value is -2.67. The van der Waals surface area contributed by atoms with Crippen LogP contribution in [0.15, 0.2) is 34.8 Å². The number of oxazole rings is 1. The van der Waals surface area contributed by atoms with Gasteiger partial charge in [-0.2, -0.15) is 0 Å². The molecule has 0 aliphatic heterocycles. The van der Waals surface area contributed by atoms with E-state index in [1.165, 1.54) is 12.2 Å². The summed E-state index contributed by atoms with van der Waals surface area (Å²) in [6, 6.07) is 7.31. The number of methoxy groups -OCH3 is 1. The Kier molecular flexibility index (Phi) is 5.67. The molecule has 1 heterocycles. The number of carbonyl (C=O) groups excluding carboxylic acids is 2. The fourth-order valence-electron chi connectivity index (χ4n) is 1.69. The second-order valence-corrected chi connectivity index (χ2v) is 4.41. The molecule has 2 aromatic rings. The van der Waals surface area contributed by atoms with Gasteiger partial charge in [-0.25, -0.2) is 4.98 Å². The maximum absolute atomic E-state index is 11.6. The van der Waals surface area contributed by atoms with Gasteiger partial charge >= 0.3 is 0 Å². The van der Waals surface area contributed by atoms with Crippen LogP contribution < -0.4 is 10.6 Å². The summed E-state index contributed by atoms with van der Waals surface area (Å²) in [6.07, 6.45) is 2.73. The largest absolute Gasteiger partial charge is 0.437 e. The highest BCUT2D eigenvalue weighted by molar-refractivity contribution is 5.94. The van der Waals surface area contributed by atoms with Gasteiger partial charge in [0.25, 0.3) is 0 Å². The summed E-state index contributed by atoms with van der Waals surface area (Å²) in [4.78, 5) is 27.2. The molecule has 0 bridgehead atoms. The maximum Gasteiger partial charge on any atom is 0.244 e. The van der Waals surface area contributed by atoms with E-state index in [9.17, 15) is 9.59 Å². The van der Waals surface area contributed by atoms with Crippen molar-refractivity contribution in [3.8, 4) is 0 Å². The topological polar surface area (TPSA) is 93.5 Å². The van der Waals surface area contributed by atoms with Crippen LogP contribution in [0.5, 0.6) is 0 Å². The van der Waals surface area contributed by atoms with Gasteiger partial charge in [0, 0.05) is 25.8 Å². The minimum Gasteiger partial charge on any atom is -0.437 e. The molecule has 0 aliphatic carbocycles. The van der Waals surface area contributed by atoms with Crippen molar-refractivity contribution in [1.82, 2.24) is 15.6 Å². The summed E-state index contributed by atoms with van der Waals surface area (Å²) in [5.74, 6) is -0.342. The van der Waals surface area contributed by atoms with Gasteiger partial charge in [-0.05, 0) is 12.1 Å². The number of benzene rings is 1. The number of para-hydroxylation sites is 2. The van der Waals surface area contributed by atoms with E-state index >= 15 is 0 Å². The van der Waals surface area contributed by atoms with E-state index in [0.717, 1.165) is 5.52 Å². The standard InChI is InChI=1S/C15H17N3O4/c1-21-9-8-16-14(20)10-17-13(19)6-7-15-18-11-4-2-3-5-12(11)22-15/h2-7H,8-10H2,1H3,(H,16,20)(H,17,19)/b7-6+. The average Bonchev–Trinajstić information content (AvgIpc) is 2.94. The van der Waals surface area contributed by atoms with Crippen LogP contribution in [0.4, 0.5) is 0 Å². The Labute approximate surface area is 127 Å². The molecule has 0 aliphatic rings. The first kappa shape index (κ1) is 15.7. The number of amides is 2. The van der Waals surface area contributed by atoms with Crippen LogP contribution in [0.1, 0.15) is 5.89 Å². The zero-order valence-corrected chi connectivity index (χ0v) is 12.2. The van der Waals surface area contributed by atoms with E-state index in [2.05, 4.69) is 15.6 Å². The molecule has 2 rings (SSSR count). The molecule has 0 saturated heterocycles. The number of carbonyl (C=O) groups is 2. The van der Waals surface area contributed by atoms with E-state index in [-0.39, 0.29) is 12.5 Å². The summed E-state index contributed by atoms with van der Waals surface area (Å²) in [5.41, 5.74) is 1.38. The van der Waals surface area contributed by atoms with Crippen molar-refractivity contribution >= 4 is 29.0 Å². The minimum absolute atomic E-state index is 0.0968. The highest BCUT2D eigenvalue weighted by atomic mass is 16.5.